The number of halogens is 1. The Morgan fingerprint density at radius 2 is 2.20 bits per heavy atom. The summed E-state index contributed by atoms with van der Waals surface area (Å²) in [7, 11) is 0. The van der Waals surface area contributed by atoms with Crippen molar-refractivity contribution in [2.24, 2.45) is 11.7 Å². The molecule has 0 heterocycles. The molecular weight excluding hydrogens is 252 g/mol. The van der Waals surface area contributed by atoms with E-state index in [1.54, 1.807) is 0 Å². The van der Waals surface area contributed by atoms with Crippen LogP contribution in [0.3, 0.4) is 0 Å². The zero-order chi connectivity index (χ0) is 10.8. The van der Waals surface area contributed by atoms with E-state index in [0.717, 1.165) is 29.8 Å². The average molecular weight is 269 g/mol. The third kappa shape index (κ3) is 2.73. The van der Waals surface area contributed by atoms with Crippen molar-refractivity contribution in [2.45, 2.75) is 25.8 Å². The van der Waals surface area contributed by atoms with Gasteiger partial charge in [0.05, 0.1) is 0 Å². The second-order valence-corrected chi connectivity index (χ2v) is 5.32. The fourth-order valence-electron chi connectivity index (χ4n) is 1.97. The first-order valence-corrected chi connectivity index (χ1v) is 6.20. The van der Waals surface area contributed by atoms with Crippen molar-refractivity contribution in [3.8, 4) is 0 Å². The molecule has 1 aromatic rings. The lowest BCUT2D eigenvalue weighted by molar-refractivity contribution is 0.280. The number of hydrogen-bond donors (Lipinski definition) is 2. The molecule has 2 rings (SSSR count). The van der Waals surface area contributed by atoms with Gasteiger partial charge in [-0.15, -0.1) is 0 Å². The summed E-state index contributed by atoms with van der Waals surface area (Å²) in [6, 6.07) is 6.82. The molecule has 0 amide bonds. The highest BCUT2D eigenvalue weighted by molar-refractivity contribution is 9.10. The molecule has 3 heteroatoms. The van der Waals surface area contributed by atoms with Crippen LogP contribution in [0.25, 0.3) is 0 Å². The Labute approximate surface area is 99.4 Å². The van der Waals surface area contributed by atoms with Crippen LogP contribution in [0.2, 0.25) is 0 Å². The van der Waals surface area contributed by atoms with Crippen LogP contribution in [-0.4, -0.2) is 12.6 Å². The van der Waals surface area contributed by atoms with Gasteiger partial charge in [0, 0.05) is 22.7 Å². The highest BCUT2D eigenvalue weighted by Gasteiger charge is 2.25. The van der Waals surface area contributed by atoms with Crippen LogP contribution in [0.15, 0.2) is 22.7 Å². The van der Waals surface area contributed by atoms with Crippen molar-refractivity contribution in [3.63, 3.8) is 0 Å². The molecule has 1 saturated carbocycles. The van der Waals surface area contributed by atoms with E-state index in [0.29, 0.717) is 6.04 Å². The predicted molar refractivity (Wildman–Crippen MR) is 68.1 cm³/mol. The van der Waals surface area contributed by atoms with Gasteiger partial charge < -0.3 is 11.1 Å². The van der Waals surface area contributed by atoms with Crippen LogP contribution in [0.4, 0.5) is 5.69 Å². The summed E-state index contributed by atoms with van der Waals surface area (Å²) in [6.07, 6.45) is 2.33. The first kappa shape index (κ1) is 11.0. The lowest BCUT2D eigenvalue weighted by Crippen LogP contribution is -2.39. The van der Waals surface area contributed by atoms with Gasteiger partial charge in [-0.2, -0.15) is 0 Å². The Morgan fingerprint density at radius 1 is 1.47 bits per heavy atom. The summed E-state index contributed by atoms with van der Waals surface area (Å²) in [5.41, 5.74) is 8.21. The normalized spacial score (nSPS) is 24.7. The van der Waals surface area contributed by atoms with Gasteiger partial charge in [-0.3, -0.25) is 0 Å². The number of anilines is 1. The lowest BCUT2D eigenvalue weighted by atomic mass is 9.81. The monoisotopic (exact) mass is 268 g/mol. The van der Waals surface area contributed by atoms with Gasteiger partial charge in [0.25, 0.3) is 0 Å². The smallest absolute Gasteiger partial charge is 0.0484 e. The molecule has 15 heavy (non-hydrogen) atoms. The summed E-state index contributed by atoms with van der Waals surface area (Å²) in [5, 5.41) is 3.46. The molecule has 0 aliphatic heterocycles. The van der Waals surface area contributed by atoms with Crippen molar-refractivity contribution in [2.75, 3.05) is 11.9 Å². The molecule has 0 spiro atoms. The maximum Gasteiger partial charge on any atom is 0.0484 e. The average Bonchev–Trinajstić information content (AvgIpc) is 2.13. The Balaban J connectivity index is 1.88. The maximum atomic E-state index is 5.75. The Morgan fingerprint density at radius 3 is 2.80 bits per heavy atom. The fourth-order valence-corrected chi connectivity index (χ4v) is 2.61. The van der Waals surface area contributed by atoms with Crippen molar-refractivity contribution >= 4 is 21.6 Å². The first-order valence-electron chi connectivity index (χ1n) is 5.41. The summed E-state index contributed by atoms with van der Waals surface area (Å²) in [4.78, 5) is 0. The van der Waals surface area contributed by atoms with Gasteiger partial charge in [-0.05, 0) is 59.3 Å². The Hall–Kier alpha value is -0.540. The van der Waals surface area contributed by atoms with Crippen LogP contribution in [-0.2, 0) is 0 Å². The first-order chi connectivity index (χ1) is 7.15. The quantitative estimate of drug-likeness (QED) is 0.885. The predicted octanol–water partition coefficient (Wildman–Crippen LogP) is 2.91. The van der Waals surface area contributed by atoms with E-state index in [1.807, 2.05) is 0 Å². The molecule has 0 saturated heterocycles. The Bertz CT molecular complexity index is 345. The molecular formula is C12H17BrN2. The van der Waals surface area contributed by atoms with Crippen LogP contribution in [0.1, 0.15) is 18.4 Å². The highest BCUT2D eigenvalue weighted by atomic mass is 79.9. The molecule has 1 aromatic carbocycles. The SMILES string of the molecule is Cc1ccc(NCC2CC(N)C2)c(Br)c1. The minimum atomic E-state index is 0.443. The number of nitrogens with two attached hydrogens (primary N) is 1. The molecule has 0 bridgehead atoms. The van der Waals surface area contributed by atoms with Gasteiger partial charge in [0.2, 0.25) is 0 Å². The largest absolute Gasteiger partial charge is 0.384 e. The topological polar surface area (TPSA) is 38.0 Å². The molecule has 1 fully saturated rings. The van der Waals surface area contributed by atoms with E-state index in [-0.39, 0.29) is 0 Å². The van der Waals surface area contributed by atoms with Gasteiger partial charge >= 0.3 is 0 Å². The molecule has 0 atom stereocenters. The lowest BCUT2D eigenvalue weighted by Gasteiger charge is -2.32. The van der Waals surface area contributed by atoms with Gasteiger partial charge in [-0.1, -0.05) is 6.07 Å². The summed E-state index contributed by atoms with van der Waals surface area (Å²) in [5.74, 6) is 0.758. The number of benzene rings is 1. The zero-order valence-corrected chi connectivity index (χ0v) is 10.5. The zero-order valence-electron chi connectivity index (χ0n) is 8.96. The second kappa shape index (κ2) is 4.54. The van der Waals surface area contributed by atoms with E-state index in [2.05, 4.69) is 46.4 Å². The minimum Gasteiger partial charge on any atom is -0.384 e. The highest BCUT2D eigenvalue weighted by Crippen LogP contribution is 2.28. The summed E-state index contributed by atoms with van der Waals surface area (Å²) < 4.78 is 1.14. The molecule has 2 nitrogen and oxygen atoms in total. The fraction of sp³-hybridized carbons (Fsp3) is 0.500. The van der Waals surface area contributed by atoms with Crippen LogP contribution in [0.5, 0.6) is 0 Å². The van der Waals surface area contributed by atoms with Crippen molar-refractivity contribution < 1.29 is 0 Å². The standard InChI is InChI=1S/C12H17BrN2/c1-8-2-3-12(11(13)4-8)15-7-9-5-10(14)6-9/h2-4,9-10,15H,5-7,14H2,1H3. The number of hydrogen-bond acceptors (Lipinski definition) is 2. The minimum absolute atomic E-state index is 0.443. The van der Waals surface area contributed by atoms with Crippen LogP contribution < -0.4 is 11.1 Å². The molecule has 1 aliphatic rings. The van der Waals surface area contributed by atoms with E-state index in [4.69, 9.17) is 5.73 Å². The van der Waals surface area contributed by atoms with Gasteiger partial charge in [-0.25, -0.2) is 0 Å². The summed E-state index contributed by atoms with van der Waals surface area (Å²) >= 11 is 3.56. The van der Waals surface area contributed by atoms with E-state index in [9.17, 15) is 0 Å². The van der Waals surface area contributed by atoms with E-state index < -0.39 is 0 Å². The number of aryl methyl sites for hydroxylation is 1. The van der Waals surface area contributed by atoms with E-state index >= 15 is 0 Å². The molecule has 82 valence electrons. The Kier molecular flexibility index (Phi) is 3.32. The maximum absolute atomic E-state index is 5.75. The molecule has 0 radical (unpaired) electrons. The van der Waals surface area contributed by atoms with Crippen molar-refractivity contribution in [1.29, 1.82) is 0 Å². The van der Waals surface area contributed by atoms with E-state index in [1.165, 1.54) is 11.3 Å². The van der Waals surface area contributed by atoms with Crippen molar-refractivity contribution in [3.05, 3.63) is 28.2 Å². The van der Waals surface area contributed by atoms with Crippen LogP contribution in [0, 0.1) is 12.8 Å². The third-order valence-electron chi connectivity index (χ3n) is 2.98. The second-order valence-electron chi connectivity index (χ2n) is 4.46. The van der Waals surface area contributed by atoms with Gasteiger partial charge in [0.15, 0.2) is 0 Å². The van der Waals surface area contributed by atoms with Crippen LogP contribution >= 0.6 is 15.9 Å². The van der Waals surface area contributed by atoms with Gasteiger partial charge in [0.1, 0.15) is 0 Å². The molecule has 3 N–H and O–H groups in total. The summed E-state index contributed by atoms with van der Waals surface area (Å²) in [6.45, 7) is 3.13. The molecule has 0 aromatic heterocycles. The van der Waals surface area contributed by atoms with Crippen molar-refractivity contribution in [1.82, 2.24) is 0 Å². The number of rotatable bonds is 3. The molecule has 1 aliphatic carbocycles. The molecule has 0 unspecified atom stereocenters. The number of nitrogens with one attached hydrogen (secondary N) is 1. The third-order valence-corrected chi connectivity index (χ3v) is 3.63.